The van der Waals surface area contributed by atoms with Crippen LogP contribution in [0.15, 0.2) is 46.9 Å². The molecule has 1 heterocycles. The molecule has 1 aliphatic heterocycles. The van der Waals surface area contributed by atoms with Crippen LogP contribution in [0.1, 0.15) is 5.56 Å². The topological polar surface area (TPSA) is 51.2 Å². The first-order valence-electron chi connectivity index (χ1n) is 8.23. The van der Waals surface area contributed by atoms with Crippen LogP contribution in [0.2, 0.25) is 0 Å². The monoisotopic (exact) mass is 407 g/mol. The number of fused-ring (bicyclic) bond motifs is 1. The fourth-order valence-corrected chi connectivity index (χ4v) is 2.90. The number of ether oxygens (including phenoxy) is 3. The summed E-state index contributed by atoms with van der Waals surface area (Å²) in [6.45, 7) is 1.91. The number of nitrogens with zero attached hydrogens (tertiary/aromatic N) is 1. The van der Waals surface area contributed by atoms with Gasteiger partial charge >= 0.3 is 0 Å². The largest absolute Gasteiger partial charge is 0.491 e. The number of rotatable bonds is 8. The van der Waals surface area contributed by atoms with E-state index in [2.05, 4.69) is 33.0 Å². The Bertz CT molecular complexity index is 692. The number of likely N-dealkylation sites (N-methyl/N-ethyl adjacent to an activating group) is 1. The maximum Gasteiger partial charge on any atom is 0.231 e. The molecule has 0 radical (unpaired) electrons. The van der Waals surface area contributed by atoms with Crippen molar-refractivity contribution >= 4 is 15.9 Å². The summed E-state index contributed by atoms with van der Waals surface area (Å²) in [7, 11) is 2.00. The SMILES string of the molecule is CN(CCc1ccc(Br)cc1)CC(O)COc1ccc2c(c1)OCO2. The number of aliphatic hydroxyl groups excluding tert-OH is 1. The number of aliphatic hydroxyl groups is 1. The Morgan fingerprint density at radius 2 is 1.92 bits per heavy atom. The fourth-order valence-electron chi connectivity index (χ4n) is 2.63. The average Bonchev–Trinajstić information content (AvgIpc) is 3.07. The molecule has 1 aliphatic rings. The van der Waals surface area contributed by atoms with Crippen LogP contribution >= 0.6 is 15.9 Å². The molecule has 1 N–H and O–H groups in total. The maximum atomic E-state index is 10.2. The predicted molar refractivity (Wildman–Crippen MR) is 99.4 cm³/mol. The number of hydrogen-bond acceptors (Lipinski definition) is 5. The van der Waals surface area contributed by atoms with Gasteiger partial charge < -0.3 is 24.2 Å². The molecule has 2 aromatic carbocycles. The summed E-state index contributed by atoms with van der Waals surface area (Å²) >= 11 is 3.44. The molecule has 0 aromatic heterocycles. The zero-order valence-corrected chi connectivity index (χ0v) is 15.7. The summed E-state index contributed by atoms with van der Waals surface area (Å²) in [5.74, 6) is 2.07. The Hall–Kier alpha value is -1.76. The minimum Gasteiger partial charge on any atom is -0.491 e. The van der Waals surface area contributed by atoms with E-state index in [1.54, 1.807) is 6.07 Å². The Kier molecular flexibility index (Phi) is 6.18. The van der Waals surface area contributed by atoms with Crippen LogP contribution in [0, 0.1) is 0 Å². The molecule has 2 aromatic rings. The Balaban J connectivity index is 1.39. The van der Waals surface area contributed by atoms with Crippen LogP contribution in [0.5, 0.6) is 17.2 Å². The van der Waals surface area contributed by atoms with Crippen molar-refractivity contribution in [3.05, 3.63) is 52.5 Å². The van der Waals surface area contributed by atoms with E-state index in [0.29, 0.717) is 18.0 Å². The van der Waals surface area contributed by atoms with Crippen LogP contribution in [-0.2, 0) is 6.42 Å². The van der Waals surface area contributed by atoms with Crippen molar-refractivity contribution in [1.82, 2.24) is 4.90 Å². The second-order valence-corrected chi connectivity index (χ2v) is 7.03. The molecule has 0 saturated carbocycles. The van der Waals surface area contributed by atoms with Gasteiger partial charge in [-0.3, -0.25) is 0 Å². The molecule has 0 fully saturated rings. The van der Waals surface area contributed by atoms with E-state index in [1.807, 2.05) is 31.3 Å². The lowest BCUT2D eigenvalue weighted by molar-refractivity contribution is 0.0766. The highest BCUT2D eigenvalue weighted by Gasteiger charge is 2.15. The Morgan fingerprint density at radius 1 is 1.16 bits per heavy atom. The molecular weight excluding hydrogens is 386 g/mol. The number of benzene rings is 2. The molecular formula is C19H22BrNO4. The van der Waals surface area contributed by atoms with E-state index in [1.165, 1.54) is 5.56 Å². The van der Waals surface area contributed by atoms with Gasteiger partial charge in [-0.2, -0.15) is 0 Å². The Morgan fingerprint density at radius 3 is 2.72 bits per heavy atom. The average molecular weight is 408 g/mol. The third-order valence-corrected chi connectivity index (χ3v) is 4.53. The standard InChI is InChI=1S/C19H22BrNO4/c1-21(9-8-14-2-4-15(20)5-3-14)11-16(22)12-23-17-6-7-18-19(10-17)25-13-24-18/h2-7,10,16,22H,8-9,11-13H2,1H3. The normalized spacial score (nSPS) is 13.9. The van der Waals surface area contributed by atoms with Crippen molar-refractivity contribution in [3.63, 3.8) is 0 Å². The molecule has 6 heteroatoms. The van der Waals surface area contributed by atoms with Gasteiger partial charge in [0, 0.05) is 23.6 Å². The zero-order valence-electron chi connectivity index (χ0n) is 14.2. The molecule has 134 valence electrons. The van der Waals surface area contributed by atoms with Gasteiger partial charge in [-0.05, 0) is 43.3 Å². The lowest BCUT2D eigenvalue weighted by Crippen LogP contribution is -2.34. The summed E-state index contributed by atoms with van der Waals surface area (Å²) in [4.78, 5) is 2.11. The summed E-state index contributed by atoms with van der Waals surface area (Å²) in [5.41, 5.74) is 1.28. The second-order valence-electron chi connectivity index (χ2n) is 6.12. The van der Waals surface area contributed by atoms with Gasteiger partial charge in [-0.25, -0.2) is 0 Å². The van der Waals surface area contributed by atoms with Gasteiger partial charge in [0.25, 0.3) is 0 Å². The van der Waals surface area contributed by atoms with E-state index >= 15 is 0 Å². The van der Waals surface area contributed by atoms with Gasteiger partial charge in [0.15, 0.2) is 11.5 Å². The van der Waals surface area contributed by atoms with E-state index in [4.69, 9.17) is 14.2 Å². The minimum absolute atomic E-state index is 0.238. The third kappa shape index (κ3) is 5.36. The smallest absolute Gasteiger partial charge is 0.231 e. The molecule has 0 aliphatic carbocycles. The van der Waals surface area contributed by atoms with Crippen molar-refractivity contribution in [3.8, 4) is 17.2 Å². The molecule has 25 heavy (non-hydrogen) atoms. The fraction of sp³-hybridized carbons (Fsp3) is 0.368. The molecule has 1 unspecified atom stereocenters. The van der Waals surface area contributed by atoms with E-state index in [9.17, 15) is 5.11 Å². The quantitative estimate of drug-likeness (QED) is 0.728. The molecule has 0 spiro atoms. The van der Waals surface area contributed by atoms with Crippen molar-refractivity contribution < 1.29 is 19.3 Å². The van der Waals surface area contributed by atoms with E-state index in [0.717, 1.165) is 23.2 Å². The van der Waals surface area contributed by atoms with Gasteiger partial charge in [-0.1, -0.05) is 28.1 Å². The van der Waals surface area contributed by atoms with Crippen LogP contribution in [-0.4, -0.2) is 49.6 Å². The first kappa shape index (κ1) is 18.0. The second kappa shape index (κ2) is 8.56. The lowest BCUT2D eigenvalue weighted by atomic mass is 10.1. The molecule has 5 nitrogen and oxygen atoms in total. The molecule has 1 atom stereocenters. The van der Waals surface area contributed by atoms with Gasteiger partial charge in [0.05, 0.1) is 0 Å². The van der Waals surface area contributed by atoms with Gasteiger partial charge in [0.1, 0.15) is 18.5 Å². The first-order valence-corrected chi connectivity index (χ1v) is 9.03. The Labute approximate surface area is 156 Å². The van der Waals surface area contributed by atoms with Crippen LogP contribution in [0.25, 0.3) is 0 Å². The highest BCUT2D eigenvalue weighted by Crippen LogP contribution is 2.35. The summed E-state index contributed by atoms with van der Waals surface area (Å²) in [6.07, 6.45) is 0.389. The van der Waals surface area contributed by atoms with E-state index in [-0.39, 0.29) is 13.4 Å². The first-order chi connectivity index (χ1) is 12.1. The molecule has 0 saturated heterocycles. The summed E-state index contributed by atoms with van der Waals surface area (Å²) in [5, 5.41) is 10.2. The summed E-state index contributed by atoms with van der Waals surface area (Å²) in [6, 6.07) is 13.7. The van der Waals surface area contributed by atoms with Crippen LogP contribution in [0.3, 0.4) is 0 Å². The van der Waals surface area contributed by atoms with Crippen molar-refractivity contribution in [2.24, 2.45) is 0 Å². The minimum atomic E-state index is -0.555. The molecule has 0 bridgehead atoms. The molecule has 0 amide bonds. The van der Waals surface area contributed by atoms with Crippen molar-refractivity contribution in [2.75, 3.05) is 33.5 Å². The van der Waals surface area contributed by atoms with Crippen LogP contribution < -0.4 is 14.2 Å². The zero-order chi connectivity index (χ0) is 17.6. The van der Waals surface area contributed by atoms with Crippen LogP contribution in [0.4, 0.5) is 0 Å². The summed E-state index contributed by atoms with van der Waals surface area (Å²) < 4.78 is 17.3. The van der Waals surface area contributed by atoms with Crippen molar-refractivity contribution in [1.29, 1.82) is 0 Å². The third-order valence-electron chi connectivity index (χ3n) is 4.00. The highest BCUT2D eigenvalue weighted by molar-refractivity contribution is 9.10. The highest BCUT2D eigenvalue weighted by atomic mass is 79.9. The predicted octanol–water partition coefficient (Wildman–Crippen LogP) is 3.09. The van der Waals surface area contributed by atoms with Gasteiger partial charge in [-0.15, -0.1) is 0 Å². The van der Waals surface area contributed by atoms with Crippen molar-refractivity contribution in [2.45, 2.75) is 12.5 Å². The lowest BCUT2D eigenvalue weighted by Gasteiger charge is -2.21. The van der Waals surface area contributed by atoms with E-state index < -0.39 is 6.10 Å². The van der Waals surface area contributed by atoms with Gasteiger partial charge in [0.2, 0.25) is 6.79 Å². The maximum absolute atomic E-state index is 10.2. The number of halogens is 1. The molecule has 3 rings (SSSR count). The number of hydrogen-bond donors (Lipinski definition) is 1.